The molecule has 0 spiro atoms. The summed E-state index contributed by atoms with van der Waals surface area (Å²) in [7, 11) is 0. The number of hydrogen-bond donors (Lipinski definition) is 0. The van der Waals surface area contributed by atoms with Gasteiger partial charge in [-0.1, -0.05) is 90.6 Å². The molecule has 5 rings (SSSR count). The van der Waals surface area contributed by atoms with Crippen molar-refractivity contribution in [3.8, 4) is 10.7 Å². The molecular formula is C24H19N3S2. The summed E-state index contributed by atoms with van der Waals surface area (Å²) in [4.78, 5) is 1.14. The van der Waals surface area contributed by atoms with Gasteiger partial charge in [-0.15, -0.1) is 21.5 Å². The minimum Gasteiger partial charge on any atom is -0.297 e. The molecule has 2 heterocycles. The summed E-state index contributed by atoms with van der Waals surface area (Å²) in [6.07, 6.45) is 0. The predicted octanol–water partition coefficient (Wildman–Crippen LogP) is 6.50. The number of hydrogen-bond acceptors (Lipinski definition) is 4. The zero-order valence-corrected chi connectivity index (χ0v) is 17.4. The first kappa shape index (κ1) is 18.2. The van der Waals surface area contributed by atoms with Crippen molar-refractivity contribution in [2.45, 2.75) is 17.5 Å². The predicted molar refractivity (Wildman–Crippen MR) is 122 cm³/mol. The molecule has 0 amide bonds. The van der Waals surface area contributed by atoms with Gasteiger partial charge in [-0.05, 0) is 33.3 Å². The normalized spacial score (nSPS) is 11.2. The molecule has 29 heavy (non-hydrogen) atoms. The maximum atomic E-state index is 4.55. The van der Waals surface area contributed by atoms with Gasteiger partial charge in [-0.2, -0.15) is 0 Å². The molecule has 0 fully saturated rings. The molecule has 0 unspecified atom stereocenters. The Kier molecular flexibility index (Phi) is 5.15. The number of thiophene rings is 1. The summed E-state index contributed by atoms with van der Waals surface area (Å²) in [5, 5.41) is 14.7. The fourth-order valence-electron chi connectivity index (χ4n) is 3.45. The first-order chi connectivity index (χ1) is 14.4. The Balaban J connectivity index is 1.48. The molecule has 5 heteroatoms. The zero-order chi connectivity index (χ0) is 19.5. The smallest absolute Gasteiger partial charge is 0.192 e. The molecule has 0 atom stereocenters. The third kappa shape index (κ3) is 3.84. The lowest BCUT2D eigenvalue weighted by molar-refractivity contribution is 0.715. The second-order valence-corrected chi connectivity index (χ2v) is 8.67. The third-order valence-electron chi connectivity index (χ3n) is 4.88. The van der Waals surface area contributed by atoms with E-state index in [9.17, 15) is 0 Å². The van der Waals surface area contributed by atoms with Crippen LogP contribution in [0, 0.1) is 0 Å². The van der Waals surface area contributed by atoms with Crippen molar-refractivity contribution in [3.05, 3.63) is 101 Å². The van der Waals surface area contributed by atoms with Crippen LogP contribution in [0.25, 0.3) is 21.5 Å². The molecular weight excluding hydrogens is 394 g/mol. The van der Waals surface area contributed by atoms with E-state index in [1.54, 1.807) is 23.1 Å². The first-order valence-corrected chi connectivity index (χ1v) is 11.4. The lowest BCUT2D eigenvalue weighted by Gasteiger charge is -2.10. The molecule has 3 aromatic carbocycles. The maximum Gasteiger partial charge on any atom is 0.192 e. The Bertz CT molecular complexity index is 1220. The van der Waals surface area contributed by atoms with Crippen molar-refractivity contribution in [1.82, 2.24) is 14.8 Å². The zero-order valence-electron chi connectivity index (χ0n) is 15.7. The van der Waals surface area contributed by atoms with E-state index in [4.69, 9.17) is 0 Å². The van der Waals surface area contributed by atoms with E-state index >= 15 is 0 Å². The van der Waals surface area contributed by atoms with Gasteiger partial charge in [0.2, 0.25) is 0 Å². The molecule has 0 aliphatic heterocycles. The lowest BCUT2D eigenvalue weighted by Crippen LogP contribution is -2.03. The average Bonchev–Trinajstić information content (AvgIpc) is 3.43. The second-order valence-electron chi connectivity index (χ2n) is 6.78. The van der Waals surface area contributed by atoms with Crippen LogP contribution in [0.15, 0.2) is 95.5 Å². The summed E-state index contributed by atoms with van der Waals surface area (Å²) in [5.74, 6) is 1.79. The van der Waals surface area contributed by atoms with Crippen LogP contribution in [-0.4, -0.2) is 14.8 Å². The van der Waals surface area contributed by atoms with Crippen molar-refractivity contribution in [2.24, 2.45) is 0 Å². The fraction of sp³-hybridized carbons (Fsp3) is 0.0833. The number of rotatable bonds is 6. The highest BCUT2D eigenvalue weighted by Crippen LogP contribution is 2.31. The van der Waals surface area contributed by atoms with E-state index < -0.39 is 0 Å². The summed E-state index contributed by atoms with van der Waals surface area (Å²) < 4.78 is 2.23. The molecule has 2 aromatic heterocycles. The number of thioether (sulfide) groups is 1. The quantitative estimate of drug-likeness (QED) is 0.298. The Morgan fingerprint density at radius 3 is 2.48 bits per heavy atom. The van der Waals surface area contributed by atoms with Crippen molar-refractivity contribution < 1.29 is 0 Å². The molecule has 0 bridgehead atoms. The van der Waals surface area contributed by atoms with Crippen LogP contribution in [0.3, 0.4) is 0 Å². The van der Waals surface area contributed by atoms with Crippen molar-refractivity contribution in [2.75, 3.05) is 0 Å². The van der Waals surface area contributed by atoms with Gasteiger partial charge in [0, 0.05) is 5.75 Å². The van der Waals surface area contributed by atoms with Crippen molar-refractivity contribution in [1.29, 1.82) is 0 Å². The van der Waals surface area contributed by atoms with Gasteiger partial charge >= 0.3 is 0 Å². The highest BCUT2D eigenvalue weighted by molar-refractivity contribution is 7.98. The number of nitrogens with zero attached hydrogens (tertiary/aromatic N) is 3. The molecule has 0 N–H and O–H groups in total. The van der Waals surface area contributed by atoms with E-state index in [1.807, 2.05) is 6.07 Å². The molecule has 3 nitrogen and oxygen atoms in total. The van der Waals surface area contributed by atoms with Crippen LogP contribution >= 0.6 is 23.1 Å². The van der Waals surface area contributed by atoms with Gasteiger partial charge in [0.15, 0.2) is 11.0 Å². The van der Waals surface area contributed by atoms with E-state index in [2.05, 4.69) is 99.0 Å². The molecule has 5 aromatic rings. The van der Waals surface area contributed by atoms with E-state index in [-0.39, 0.29) is 0 Å². The Morgan fingerprint density at radius 1 is 0.793 bits per heavy atom. The Labute approximate surface area is 178 Å². The minimum atomic E-state index is 0.763. The van der Waals surface area contributed by atoms with Gasteiger partial charge in [0.1, 0.15) is 0 Å². The van der Waals surface area contributed by atoms with E-state index in [1.165, 1.54) is 21.9 Å². The lowest BCUT2D eigenvalue weighted by atomic mass is 10.1. The van der Waals surface area contributed by atoms with Crippen LogP contribution in [0.5, 0.6) is 0 Å². The molecule has 0 saturated carbocycles. The summed E-state index contributed by atoms with van der Waals surface area (Å²) in [6.45, 7) is 0.763. The van der Waals surface area contributed by atoms with Crippen molar-refractivity contribution >= 4 is 33.9 Å². The van der Waals surface area contributed by atoms with Gasteiger partial charge in [-0.3, -0.25) is 4.57 Å². The number of benzene rings is 3. The van der Waals surface area contributed by atoms with Gasteiger partial charge < -0.3 is 0 Å². The van der Waals surface area contributed by atoms with Crippen LogP contribution in [0.2, 0.25) is 0 Å². The molecule has 0 aliphatic carbocycles. The number of aromatic nitrogens is 3. The average molecular weight is 414 g/mol. The highest BCUT2D eigenvalue weighted by Gasteiger charge is 2.16. The molecule has 0 radical (unpaired) electrons. The van der Waals surface area contributed by atoms with Gasteiger partial charge in [-0.25, -0.2) is 0 Å². The summed E-state index contributed by atoms with van der Waals surface area (Å²) in [5.41, 5.74) is 2.57. The van der Waals surface area contributed by atoms with Crippen LogP contribution in [0.1, 0.15) is 11.1 Å². The van der Waals surface area contributed by atoms with E-state index in [0.29, 0.717) is 0 Å². The largest absolute Gasteiger partial charge is 0.297 e. The standard InChI is InChI=1S/C24H19N3S2/c1-2-8-18(9-3-1)16-27-23(22-14-7-15-28-22)25-26-24(27)29-17-20-12-6-11-19-10-4-5-13-21(19)20/h1-15H,16-17H2. The second kappa shape index (κ2) is 8.23. The monoisotopic (exact) mass is 413 g/mol. The van der Waals surface area contributed by atoms with E-state index in [0.717, 1.165) is 28.2 Å². The SMILES string of the molecule is c1ccc(Cn2c(SCc3cccc4ccccc34)nnc2-c2cccs2)cc1. The topological polar surface area (TPSA) is 30.7 Å². The Morgan fingerprint density at radius 2 is 1.62 bits per heavy atom. The fourth-order valence-corrected chi connectivity index (χ4v) is 5.11. The van der Waals surface area contributed by atoms with Crippen LogP contribution < -0.4 is 0 Å². The molecule has 142 valence electrons. The summed E-state index contributed by atoms with van der Waals surface area (Å²) >= 11 is 3.44. The molecule has 0 saturated heterocycles. The first-order valence-electron chi connectivity index (χ1n) is 9.49. The van der Waals surface area contributed by atoms with Crippen LogP contribution in [0.4, 0.5) is 0 Å². The van der Waals surface area contributed by atoms with Gasteiger partial charge in [0.05, 0.1) is 11.4 Å². The van der Waals surface area contributed by atoms with Crippen molar-refractivity contribution in [3.63, 3.8) is 0 Å². The maximum absolute atomic E-state index is 4.55. The highest BCUT2D eigenvalue weighted by atomic mass is 32.2. The summed E-state index contributed by atoms with van der Waals surface area (Å²) in [6, 6.07) is 29.7. The van der Waals surface area contributed by atoms with Gasteiger partial charge in [0.25, 0.3) is 0 Å². The minimum absolute atomic E-state index is 0.763. The third-order valence-corrected chi connectivity index (χ3v) is 6.76. The van der Waals surface area contributed by atoms with Crippen LogP contribution in [-0.2, 0) is 12.3 Å². The molecule has 0 aliphatic rings. The Hall–Kier alpha value is -2.89. The number of fused-ring (bicyclic) bond motifs is 1.